The summed E-state index contributed by atoms with van der Waals surface area (Å²) >= 11 is 5.50. The van der Waals surface area contributed by atoms with Crippen molar-refractivity contribution in [2.45, 2.75) is 6.42 Å². The molecule has 0 aromatic heterocycles. The lowest BCUT2D eigenvalue weighted by atomic mass is 10.2. The summed E-state index contributed by atoms with van der Waals surface area (Å²) in [6.45, 7) is 1.86. The molecule has 0 aliphatic heterocycles. The minimum Gasteiger partial charge on any atom is -0.491 e. The quantitative estimate of drug-likeness (QED) is 0.420. The molecule has 0 bridgehead atoms. The van der Waals surface area contributed by atoms with Crippen LogP contribution in [0.4, 0.5) is 4.39 Å². The lowest BCUT2D eigenvalue weighted by molar-refractivity contribution is 0.0544. The zero-order valence-corrected chi connectivity index (χ0v) is 12.2. The van der Waals surface area contributed by atoms with E-state index in [0.717, 1.165) is 0 Å². The summed E-state index contributed by atoms with van der Waals surface area (Å²) in [5.41, 5.74) is 0.346. The van der Waals surface area contributed by atoms with Crippen LogP contribution >= 0.6 is 11.6 Å². The predicted octanol–water partition coefficient (Wildman–Crippen LogP) is 2.85. The molecular weight excluding hydrogens is 283 g/mol. The topological polar surface area (TPSA) is 27.7 Å². The van der Waals surface area contributed by atoms with Gasteiger partial charge in [-0.15, -0.1) is 11.6 Å². The van der Waals surface area contributed by atoms with Crippen LogP contribution in [0.5, 0.6) is 5.75 Å². The monoisotopic (exact) mass is 300 g/mol. The molecule has 0 atom stereocenters. The molecule has 1 aromatic carbocycles. The van der Waals surface area contributed by atoms with Gasteiger partial charge in [0.25, 0.3) is 0 Å². The van der Waals surface area contributed by atoms with Crippen LogP contribution in [0.3, 0.4) is 0 Å². The molecule has 0 N–H and O–H groups in total. The van der Waals surface area contributed by atoms with Gasteiger partial charge in [-0.05, 0) is 12.1 Å². The molecule has 1 aromatic rings. The second-order valence-electron chi connectivity index (χ2n) is 3.84. The van der Waals surface area contributed by atoms with Crippen LogP contribution in [0, 0.1) is 17.7 Å². The first-order chi connectivity index (χ1) is 9.77. The standard InChI is InChI=1S/C15H18ClFO3/c1-18-8-9-19-10-11-20-14-6-5-13(15(17)12-14)4-2-3-7-16/h5-6,12H,3,7-11H2,1H3. The predicted molar refractivity (Wildman–Crippen MR) is 76.8 cm³/mol. The Balaban J connectivity index is 2.38. The molecule has 0 unspecified atom stereocenters. The average molecular weight is 301 g/mol. The van der Waals surface area contributed by atoms with Crippen molar-refractivity contribution in [2.24, 2.45) is 0 Å². The van der Waals surface area contributed by atoms with Crippen molar-refractivity contribution < 1.29 is 18.6 Å². The first-order valence-electron chi connectivity index (χ1n) is 6.31. The van der Waals surface area contributed by atoms with E-state index in [0.29, 0.717) is 50.0 Å². The molecule has 0 spiro atoms. The van der Waals surface area contributed by atoms with E-state index in [1.54, 1.807) is 19.2 Å². The van der Waals surface area contributed by atoms with Gasteiger partial charge >= 0.3 is 0 Å². The van der Waals surface area contributed by atoms with Gasteiger partial charge in [0.2, 0.25) is 0 Å². The first-order valence-corrected chi connectivity index (χ1v) is 6.85. The van der Waals surface area contributed by atoms with E-state index >= 15 is 0 Å². The highest BCUT2D eigenvalue weighted by molar-refractivity contribution is 6.18. The van der Waals surface area contributed by atoms with Crippen molar-refractivity contribution in [2.75, 3.05) is 39.4 Å². The molecule has 0 saturated heterocycles. The van der Waals surface area contributed by atoms with Crippen LogP contribution in [0.25, 0.3) is 0 Å². The molecule has 0 amide bonds. The van der Waals surface area contributed by atoms with Crippen LogP contribution in [-0.2, 0) is 9.47 Å². The van der Waals surface area contributed by atoms with Crippen molar-refractivity contribution in [3.63, 3.8) is 0 Å². The zero-order chi connectivity index (χ0) is 14.6. The van der Waals surface area contributed by atoms with E-state index in [9.17, 15) is 4.39 Å². The second kappa shape index (κ2) is 10.5. The maximum Gasteiger partial charge on any atom is 0.142 e. The van der Waals surface area contributed by atoms with Crippen LogP contribution in [0.15, 0.2) is 18.2 Å². The SMILES string of the molecule is COCCOCCOc1ccc(C#CCCCl)c(F)c1. The maximum atomic E-state index is 13.7. The summed E-state index contributed by atoms with van der Waals surface area (Å²) in [5, 5.41) is 0. The Morgan fingerprint density at radius 3 is 2.70 bits per heavy atom. The minimum absolute atomic E-state index is 0.346. The van der Waals surface area contributed by atoms with Gasteiger partial charge in [-0.3, -0.25) is 0 Å². The molecule has 1 rings (SSSR count). The Kier molecular flexibility index (Phi) is 8.81. The number of alkyl halides is 1. The van der Waals surface area contributed by atoms with Gasteiger partial charge < -0.3 is 14.2 Å². The molecule has 0 aliphatic carbocycles. The lowest BCUT2D eigenvalue weighted by Crippen LogP contribution is -2.10. The highest BCUT2D eigenvalue weighted by Gasteiger charge is 2.02. The molecule has 0 saturated carbocycles. The summed E-state index contributed by atoms with van der Waals surface area (Å²) in [7, 11) is 1.61. The van der Waals surface area contributed by atoms with Crippen molar-refractivity contribution in [3.05, 3.63) is 29.6 Å². The Morgan fingerprint density at radius 1 is 1.20 bits per heavy atom. The third-order valence-electron chi connectivity index (χ3n) is 2.31. The van der Waals surface area contributed by atoms with Gasteiger partial charge in [0.05, 0.1) is 25.4 Å². The zero-order valence-electron chi connectivity index (χ0n) is 11.5. The van der Waals surface area contributed by atoms with Crippen LogP contribution < -0.4 is 4.74 Å². The van der Waals surface area contributed by atoms with Crippen molar-refractivity contribution in [1.29, 1.82) is 0 Å². The van der Waals surface area contributed by atoms with Gasteiger partial charge in [0.15, 0.2) is 0 Å². The Labute approximate surface area is 124 Å². The van der Waals surface area contributed by atoms with E-state index in [-0.39, 0.29) is 0 Å². The maximum absolute atomic E-state index is 13.7. The third-order valence-corrected chi connectivity index (χ3v) is 2.50. The second-order valence-corrected chi connectivity index (χ2v) is 4.21. The fraction of sp³-hybridized carbons (Fsp3) is 0.467. The minimum atomic E-state index is -0.398. The molecule has 110 valence electrons. The Bertz CT molecular complexity index is 454. The summed E-state index contributed by atoms with van der Waals surface area (Å²) < 4.78 is 29.1. The smallest absolute Gasteiger partial charge is 0.142 e. The van der Waals surface area contributed by atoms with Gasteiger partial charge in [-0.25, -0.2) is 4.39 Å². The van der Waals surface area contributed by atoms with E-state index < -0.39 is 5.82 Å². The first kappa shape index (κ1) is 16.8. The van der Waals surface area contributed by atoms with E-state index in [2.05, 4.69) is 11.8 Å². The number of hydrogen-bond donors (Lipinski definition) is 0. The molecule has 3 nitrogen and oxygen atoms in total. The molecule has 0 aliphatic rings. The van der Waals surface area contributed by atoms with Gasteiger partial charge in [0.1, 0.15) is 18.2 Å². The van der Waals surface area contributed by atoms with Crippen LogP contribution in [0.2, 0.25) is 0 Å². The van der Waals surface area contributed by atoms with Crippen molar-refractivity contribution >= 4 is 11.6 Å². The molecule has 20 heavy (non-hydrogen) atoms. The van der Waals surface area contributed by atoms with Gasteiger partial charge in [-0.2, -0.15) is 0 Å². The summed E-state index contributed by atoms with van der Waals surface area (Å²) in [6, 6.07) is 4.60. The van der Waals surface area contributed by atoms with Gasteiger partial charge in [0, 0.05) is 25.5 Å². The van der Waals surface area contributed by atoms with E-state index in [4.69, 9.17) is 25.8 Å². The Morgan fingerprint density at radius 2 is 2.00 bits per heavy atom. The van der Waals surface area contributed by atoms with E-state index in [1.807, 2.05) is 0 Å². The van der Waals surface area contributed by atoms with Crippen molar-refractivity contribution in [1.82, 2.24) is 0 Å². The molecule has 0 heterocycles. The Hall–Kier alpha value is -1.28. The molecule has 5 heteroatoms. The van der Waals surface area contributed by atoms with Gasteiger partial charge in [-0.1, -0.05) is 11.8 Å². The third kappa shape index (κ3) is 6.76. The molecule has 0 radical (unpaired) electrons. The number of benzene rings is 1. The molecular formula is C15H18ClFO3. The van der Waals surface area contributed by atoms with Crippen LogP contribution in [-0.4, -0.2) is 39.4 Å². The number of halogens is 2. The molecule has 0 fully saturated rings. The summed E-state index contributed by atoms with van der Waals surface area (Å²) in [6.07, 6.45) is 0.540. The largest absolute Gasteiger partial charge is 0.491 e. The van der Waals surface area contributed by atoms with Crippen molar-refractivity contribution in [3.8, 4) is 17.6 Å². The van der Waals surface area contributed by atoms with E-state index in [1.165, 1.54) is 6.07 Å². The summed E-state index contributed by atoms with van der Waals surface area (Å²) in [4.78, 5) is 0. The normalized spacial score (nSPS) is 9.95. The average Bonchev–Trinajstić information content (AvgIpc) is 2.45. The number of methoxy groups -OCH3 is 1. The number of hydrogen-bond acceptors (Lipinski definition) is 3. The van der Waals surface area contributed by atoms with Crippen LogP contribution in [0.1, 0.15) is 12.0 Å². The fourth-order valence-electron chi connectivity index (χ4n) is 1.35. The summed E-state index contributed by atoms with van der Waals surface area (Å²) in [5.74, 6) is 6.02. The highest BCUT2D eigenvalue weighted by Crippen LogP contribution is 2.16. The highest BCUT2D eigenvalue weighted by atomic mass is 35.5. The lowest BCUT2D eigenvalue weighted by Gasteiger charge is -2.07. The fourth-order valence-corrected chi connectivity index (χ4v) is 1.45. The number of rotatable bonds is 8. The number of ether oxygens (including phenoxy) is 3.